The average molecular weight is 306 g/mol. The highest BCUT2D eigenvalue weighted by Crippen LogP contribution is 2.48. The first-order valence-corrected chi connectivity index (χ1v) is 8.99. The van der Waals surface area contributed by atoms with Crippen LogP contribution in [0.4, 0.5) is 0 Å². The lowest BCUT2D eigenvalue weighted by Gasteiger charge is -2.28. The predicted octanol–water partition coefficient (Wildman–Crippen LogP) is 4.47. The Labute approximate surface area is 136 Å². The minimum Gasteiger partial charge on any atom is -0.393 e. The fraction of sp³-hybridized carbons (Fsp3) is 0.800. The Hall–Kier alpha value is -0.600. The van der Waals surface area contributed by atoms with E-state index in [4.69, 9.17) is 0 Å². The van der Waals surface area contributed by atoms with E-state index in [9.17, 15) is 10.2 Å². The van der Waals surface area contributed by atoms with Crippen LogP contribution < -0.4 is 0 Å². The van der Waals surface area contributed by atoms with E-state index < -0.39 is 5.60 Å². The van der Waals surface area contributed by atoms with Crippen molar-refractivity contribution in [1.29, 1.82) is 0 Å². The molecule has 126 valence electrons. The summed E-state index contributed by atoms with van der Waals surface area (Å²) in [5.41, 5.74) is 2.13. The molecule has 2 rings (SSSR count). The lowest BCUT2D eigenvalue weighted by molar-refractivity contribution is 0.0329. The first-order chi connectivity index (χ1) is 10.2. The van der Waals surface area contributed by atoms with Crippen molar-refractivity contribution in [3.8, 4) is 0 Å². The number of aliphatic hydroxyl groups is 2. The smallest absolute Gasteiger partial charge is 0.0688 e. The molecule has 2 heteroatoms. The second-order valence-corrected chi connectivity index (χ2v) is 8.35. The van der Waals surface area contributed by atoms with E-state index in [1.807, 2.05) is 6.92 Å². The Bertz CT molecular complexity index is 433. The van der Waals surface area contributed by atoms with Crippen LogP contribution in [0.1, 0.15) is 66.2 Å². The summed E-state index contributed by atoms with van der Waals surface area (Å²) in [4.78, 5) is 0. The lowest BCUT2D eigenvalue weighted by Crippen LogP contribution is -2.30. The van der Waals surface area contributed by atoms with Gasteiger partial charge in [0.05, 0.1) is 11.7 Å². The number of rotatable bonds is 5. The van der Waals surface area contributed by atoms with Crippen molar-refractivity contribution in [2.75, 3.05) is 0 Å². The molecule has 0 saturated heterocycles. The molecule has 5 atom stereocenters. The van der Waals surface area contributed by atoms with Gasteiger partial charge in [-0.25, -0.2) is 0 Å². The summed E-state index contributed by atoms with van der Waals surface area (Å²) in [5, 5.41) is 20.9. The van der Waals surface area contributed by atoms with Crippen LogP contribution in [0.15, 0.2) is 23.8 Å². The molecule has 2 aliphatic carbocycles. The van der Waals surface area contributed by atoms with Gasteiger partial charge in [0.2, 0.25) is 0 Å². The lowest BCUT2D eigenvalue weighted by atomic mass is 9.82. The molecule has 1 fully saturated rings. The summed E-state index contributed by atoms with van der Waals surface area (Å²) in [6.45, 7) is 12.8. The molecule has 0 radical (unpaired) electrons. The fourth-order valence-electron chi connectivity index (χ4n) is 4.40. The summed E-state index contributed by atoms with van der Waals surface area (Å²) in [6, 6.07) is 0. The molecule has 0 spiro atoms. The van der Waals surface area contributed by atoms with Gasteiger partial charge in [0.25, 0.3) is 0 Å². The van der Waals surface area contributed by atoms with Gasteiger partial charge in [-0.2, -0.15) is 0 Å². The van der Waals surface area contributed by atoms with Crippen LogP contribution in [0.2, 0.25) is 0 Å². The third-order valence-corrected chi connectivity index (χ3v) is 5.77. The number of fused-ring (bicyclic) bond motifs is 1. The monoisotopic (exact) mass is 306 g/mol. The van der Waals surface area contributed by atoms with E-state index in [1.54, 1.807) is 0 Å². The van der Waals surface area contributed by atoms with Crippen molar-refractivity contribution in [2.45, 2.75) is 77.9 Å². The van der Waals surface area contributed by atoms with E-state index in [-0.39, 0.29) is 12.0 Å². The highest BCUT2D eigenvalue weighted by atomic mass is 16.3. The summed E-state index contributed by atoms with van der Waals surface area (Å²) < 4.78 is 0. The van der Waals surface area contributed by atoms with Gasteiger partial charge in [-0.15, -0.1) is 0 Å². The third-order valence-electron chi connectivity index (χ3n) is 5.77. The summed E-state index contributed by atoms with van der Waals surface area (Å²) in [5.74, 6) is 1.57. The van der Waals surface area contributed by atoms with Crippen LogP contribution in [-0.4, -0.2) is 21.9 Å². The molecule has 2 N–H and O–H groups in total. The molecule has 0 amide bonds. The molecule has 0 aliphatic heterocycles. The Kier molecular flexibility index (Phi) is 5.55. The summed E-state index contributed by atoms with van der Waals surface area (Å²) in [7, 11) is 0. The molecule has 2 aliphatic rings. The quantitative estimate of drug-likeness (QED) is 0.736. The summed E-state index contributed by atoms with van der Waals surface area (Å²) in [6.07, 6.45) is 7.82. The van der Waals surface area contributed by atoms with Gasteiger partial charge >= 0.3 is 0 Å². The van der Waals surface area contributed by atoms with Crippen LogP contribution in [0.3, 0.4) is 0 Å². The third kappa shape index (κ3) is 4.02. The molecule has 22 heavy (non-hydrogen) atoms. The van der Waals surface area contributed by atoms with Gasteiger partial charge in [0.15, 0.2) is 0 Å². The van der Waals surface area contributed by atoms with Crippen molar-refractivity contribution < 1.29 is 10.2 Å². The molecule has 0 aromatic rings. The number of hydrogen-bond acceptors (Lipinski definition) is 2. The molecule has 0 bridgehead atoms. The maximum absolute atomic E-state index is 10.7. The van der Waals surface area contributed by atoms with E-state index in [0.29, 0.717) is 17.8 Å². The van der Waals surface area contributed by atoms with Crippen molar-refractivity contribution >= 4 is 0 Å². The van der Waals surface area contributed by atoms with Gasteiger partial charge in [-0.05, 0) is 63.2 Å². The number of aliphatic hydroxyl groups excluding tert-OH is 1. The largest absolute Gasteiger partial charge is 0.393 e. The Morgan fingerprint density at radius 1 is 1.27 bits per heavy atom. The molecule has 1 saturated carbocycles. The van der Waals surface area contributed by atoms with Gasteiger partial charge in [-0.1, -0.05) is 44.6 Å². The predicted molar refractivity (Wildman–Crippen MR) is 92.5 cm³/mol. The second kappa shape index (κ2) is 6.88. The summed E-state index contributed by atoms with van der Waals surface area (Å²) >= 11 is 0. The highest BCUT2D eigenvalue weighted by Gasteiger charge is 2.44. The van der Waals surface area contributed by atoms with Crippen molar-refractivity contribution in [2.24, 2.45) is 23.7 Å². The van der Waals surface area contributed by atoms with Gasteiger partial charge in [0, 0.05) is 5.92 Å². The standard InChI is InChI=1S/C20H34O2/c1-13(2)10-17(21)11-15(4)16-7-6-14(3)18-8-9-20(5,22)19(18)12-16/h12-13,15,17-19,21-22H,3,6-11H2,1-2,4-5H3/t15-,17?,18+,19+,20+/m0/s1. The normalized spacial score (nSPS) is 35.0. The van der Waals surface area contributed by atoms with Crippen LogP contribution in [0.5, 0.6) is 0 Å². The molecule has 2 nitrogen and oxygen atoms in total. The Balaban J connectivity index is 2.11. The fourth-order valence-corrected chi connectivity index (χ4v) is 4.40. The van der Waals surface area contributed by atoms with Crippen LogP contribution in [-0.2, 0) is 0 Å². The zero-order valence-corrected chi connectivity index (χ0v) is 14.8. The van der Waals surface area contributed by atoms with E-state index in [0.717, 1.165) is 38.5 Å². The topological polar surface area (TPSA) is 40.5 Å². The first kappa shape index (κ1) is 17.7. The van der Waals surface area contributed by atoms with Crippen molar-refractivity contribution in [3.05, 3.63) is 23.8 Å². The molecule has 0 aromatic carbocycles. The highest BCUT2D eigenvalue weighted by molar-refractivity contribution is 5.24. The Morgan fingerprint density at radius 2 is 1.95 bits per heavy atom. The van der Waals surface area contributed by atoms with Crippen molar-refractivity contribution in [1.82, 2.24) is 0 Å². The van der Waals surface area contributed by atoms with E-state index in [2.05, 4.69) is 33.4 Å². The molecular weight excluding hydrogens is 272 g/mol. The van der Waals surface area contributed by atoms with Crippen molar-refractivity contribution in [3.63, 3.8) is 0 Å². The zero-order chi connectivity index (χ0) is 16.5. The van der Waals surface area contributed by atoms with Gasteiger partial charge < -0.3 is 10.2 Å². The first-order valence-electron chi connectivity index (χ1n) is 8.99. The number of allylic oxidation sites excluding steroid dienone is 2. The van der Waals surface area contributed by atoms with E-state index in [1.165, 1.54) is 11.1 Å². The molecule has 1 unspecified atom stereocenters. The second-order valence-electron chi connectivity index (χ2n) is 8.35. The Morgan fingerprint density at radius 3 is 2.59 bits per heavy atom. The minimum atomic E-state index is -0.598. The minimum absolute atomic E-state index is 0.210. The van der Waals surface area contributed by atoms with Crippen LogP contribution >= 0.6 is 0 Å². The average Bonchev–Trinajstić information content (AvgIpc) is 2.57. The van der Waals surface area contributed by atoms with E-state index >= 15 is 0 Å². The number of hydrogen-bond donors (Lipinski definition) is 2. The molecule has 0 heterocycles. The molecule has 0 aromatic heterocycles. The SMILES string of the molecule is C=C1CCC([C@@H](C)CC(O)CC(C)C)=C[C@@H]2[C@@H]1CC[C@@]2(C)O. The van der Waals surface area contributed by atoms with Gasteiger partial charge in [-0.3, -0.25) is 0 Å². The van der Waals surface area contributed by atoms with Crippen LogP contribution in [0, 0.1) is 23.7 Å². The maximum Gasteiger partial charge on any atom is 0.0688 e. The maximum atomic E-state index is 10.7. The van der Waals surface area contributed by atoms with Crippen LogP contribution in [0.25, 0.3) is 0 Å². The zero-order valence-electron chi connectivity index (χ0n) is 14.8. The van der Waals surface area contributed by atoms with Gasteiger partial charge in [0.1, 0.15) is 0 Å². The molecular formula is C20H34O2.